The average molecular weight is 486 g/mol. The van der Waals surface area contributed by atoms with E-state index in [1.165, 1.54) is 19.1 Å². The zero-order valence-electron chi connectivity index (χ0n) is 20.0. The van der Waals surface area contributed by atoms with Crippen LogP contribution in [0.5, 0.6) is 0 Å². The first-order chi connectivity index (χ1) is 16.9. The molecule has 2 fully saturated rings. The van der Waals surface area contributed by atoms with Gasteiger partial charge in [0, 0.05) is 37.4 Å². The van der Waals surface area contributed by atoms with Crippen LogP contribution < -0.4 is 10.6 Å². The molecule has 2 aliphatic heterocycles. The van der Waals surface area contributed by atoms with Gasteiger partial charge in [0.1, 0.15) is 12.0 Å². The number of nitrogens with zero attached hydrogens (tertiary/aromatic N) is 1. The van der Waals surface area contributed by atoms with Crippen LogP contribution >= 0.6 is 0 Å². The number of hydrogen-bond acceptors (Lipinski definition) is 4. The van der Waals surface area contributed by atoms with Gasteiger partial charge in [-0.25, -0.2) is 13.6 Å². The van der Waals surface area contributed by atoms with Gasteiger partial charge in [0.05, 0.1) is 12.1 Å². The van der Waals surface area contributed by atoms with Crippen molar-refractivity contribution in [3.05, 3.63) is 65.5 Å². The second-order valence-corrected chi connectivity index (χ2v) is 9.57. The van der Waals surface area contributed by atoms with Gasteiger partial charge in [0.2, 0.25) is 0 Å². The molecule has 35 heavy (non-hydrogen) atoms. The third kappa shape index (κ3) is 7.08. The standard InChI is InChI=1S/C27H33F2N3O3/c1-18(33)21-6-10-23(11-7-21)30-27(34)31-26-24(29)12-14-35-25(26)17-32-13-2-3-20(16-32)15-19-4-8-22(28)9-5-19/h4-11,20,24-26H,2-3,12-17H2,1H3,(H2,30,31,34)/t20?,24-,25+,26?/m0/s1. The molecule has 0 aliphatic carbocycles. The molecule has 2 aliphatic rings. The quantitative estimate of drug-likeness (QED) is 0.563. The highest BCUT2D eigenvalue weighted by Gasteiger charge is 2.37. The van der Waals surface area contributed by atoms with Crippen LogP contribution in [-0.4, -0.2) is 61.3 Å². The Morgan fingerprint density at radius 2 is 1.83 bits per heavy atom. The number of hydrogen-bond donors (Lipinski definition) is 2. The minimum atomic E-state index is -1.20. The van der Waals surface area contributed by atoms with Crippen LogP contribution in [-0.2, 0) is 11.2 Å². The van der Waals surface area contributed by atoms with Gasteiger partial charge in [-0.3, -0.25) is 4.79 Å². The van der Waals surface area contributed by atoms with E-state index in [9.17, 15) is 18.4 Å². The number of piperidine rings is 1. The van der Waals surface area contributed by atoms with E-state index in [1.807, 2.05) is 12.1 Å². The third-order valence-electron chi connectivity index (χ3n) is 6.84. The topological polar surface area (TPSA) is 70.7 Å². The van der Waals surface area contributed by atoms with Gasteiger partial charge in [-0.15, -0.1) is 0 Å². The van der Waals surface area contributed by atoms with Crippen molar-refractivity contribution in [2.75, 3.05) is 31.6 Å². The molecular weight excluding hydrogens is 452 g/mol. The largest absolute Gasteiger partial charge is 0.375 e. The molecule has 2 amide bonds. The summed E-state index contributed by atoms with van der Waals surface area (Å²) in [6.07, 6.45) is 1.60. The van der Waals surface area contributed by atoms with Crippen molar-refractivity contribution in [3.63, 3.8) is 0 Å². The average Bonchev–Trinajstić information content (AvgIpc) is 2.83. The van der Waals surface area contributed by atoms with E-state index in [4.69, 9.17) is 4.74 Å². The summed E-state index contributed by atoms with van der Waals surface area (Å²) >= 11 is 0. The molecule has 2 N–H and O–H groups in total. The summed E-state index contributed by atoms with van der Waals surface area (Å²) in [5, 5.41) is 5.49. The van der Waals surface area contributed by atoms with Gasteiger partial charge in [-0.05, 0) is 80.6 Å². The van der Waals surface area contributed by atoms with E-state index in [1.54, 1.807) is 24.3 Å². The Kier molecular flexibility index (Phi) is 8.46. The molecule has 4 atom stereocenters. The molecule has 2 aromatic carbocycles. The Morgan fingerprint density at radius 3 is 2.54 bits per heavy atom. The predicted molar refractivity (Wildman–Crippen MR) is 131 cm³/mol. The first kappa shape index (κ1) is 25.3. The van der Waals surface area contributed by atoms with E-state index in [2.05, 4.69) is 15.5 Å². The Labute approximate surface area is 205 Å². The summed E-state index contributed by atoms with van der Waals surface area (Å²) in [7, 11) is 0. The predicted octanol–water partition coefficient (Wildman–Crippen LogP) is 4.60. The van der Waals surface area contributed by atoms with Crippen molar-refractivity contribution in [3.8, 4) is 0 Å². The molecule has 2 unspecified atom stereocenters. The maximum Gasteiger partial charge on any atom is 0.319 e. The van der Waals surface area contributed by atoms with Crippen molar-refractivity contribution >= 4 is 17.5 Å². The minimum Gasteiger partial charge on any atom is -0.375 e. The molecule has 0 spiro atoms. The number of Topliss-reactive ketones (excluding diaryl/α,β-unsaturated/α-hetero) is 1. The van der Waals surface area contributed by atoms with Gasteiger partial charge >= 0.3 is 6.03 Å². The van der Waals surface area contributed by atoms with Gasteiger partial charge in [0.15, 0.2) is 5.78 Å². The lowest BCUT2D eigenvalue weighted by molar-refractivity contribution is -0.0599. The van der Waals surface area contributed by atoms with Crippen molar-refractivity contribution < 1.29 is 23.1 Å². The highest BCUT2D eigenvalue weighted by atomic mass is 19.1. The Morgan fingerprint density at radius 1 is 1.09 bits per heavy atom. The highest BCUT2D eigenvalue weighted by molar-refractivity contribution is 5.95. The number of carbonyl (C=O) groups is 2. The molecular formula is C27H33F2N3O3. The second kappa shape index (κ2) is 11.7. The number of ether oxygens (including phenoxy) is 1. The molecule has 2 heterocycles. The van der Waals surface area contributed by atoms with Gasteiger partial charge in [-0.1, -0.05) is 12.1 Å². The van der Waals surface area contributed by atoms with Crippen LogP contribution in [0.3, 0.4) is 0 Å². The number of likely N-dealkylation sites (tertiary alicyclic amines) is 1. The number of ketones is 1. The fourth-order valence-corrected chi connectivity index (χ4v) is 5.00. The zero-order chi connectivity index (χ0) is 24.8. The van der Waals surface area contributed by atoms with Crippen LogP contribution in [0, 0.1) is 11.7 Å². The van der Waals surface area contributed by atoms with Crippen molar-refractivity contribution in [2.24, 2.45) is 5.92 Å². The number of alkyl halides is 1. The lowest BCUT2D eigenvalue weighted by Gasteiger charge is -2.40. The SMILES string of the molecule is CC(=O)c1ccc(NC(=O)NC2[C@@H](F)CCO[C@@H]2CN2CCCC(Cc3ccc(F)cc3)C2)cc1. The Balaban J connectivity index is 1.33. The smallest absolute Gasteiger partial charge is 0.319 e. The number of halogens is 2. The molecule has 0 aromatic heterocycles. The summed E-state index contributed by atoms with van der Waals surface area (Å²) in [5.74, 6) is 0.151. The summed E-state index contributed by atoms with van der Waals surface area (Å²) in [6, 6.07) is 12.0. The molecule has 2 saturated heterocycles. The molecule has 2 aromatic rings. The lowest BCUT2D eigenvalue weighted by Crippen LogP contribution is -2.58. The van der Waals surface area contributed by atoms with Crippen LogP contribution in [0.15, 0.2) is 48.5 Å². The summed E-state index contributed by atoms with van der Waals surface area (Å²) in [4.78, 5) is 26.3. The summed E-state index contributed by atoms with van der Waals surface area (Å²) in [5.41, 5.74) is 2.19. The molecule has 8 heteroatoms. The van der Waals surface area contributed by atoms with E-state index >= 15 is 0 Å². The van der Waals surface area contributed by atoms with Crippen molar-refractivity contribution in [1.82, 2.24) is 10.2 Å². The van der Waals surface area contributed by atoms with Crippen LogP contribution in [0.2, 0.25) is 0 Å². The first-order valence-electron chi connectivity index (χ1n) is 12.3. The van der Waals surface area contributed by atoms with Crippen LogP contribution in [0.4, 0.5) is 19.3 Å². The van der Waals surface area contributed by atoms with Crippen molar-refractivity contribution in [1.29, 1.82) is 0 Å². The van der Waals surface area contributed by atoms with Gasteiger partial charge in [0.25, 0.3) is 0 Å². The molecule has 0 saturated carbocycles. The molecule has 188 valence electrons. The van der Waals surface area contributed by atoms with Crippen LogP contribution in [0.1, 0.15) is 42.1 Å². The minimum absolute atomic E-state index is 0.0545. The van der Waals surface area contributed by atoms with E-state index in [0.717, 1.165) is 37.9 Å². The Hall–Kier alpha value is -2.84. The zero-order valence-corrected chi connectivity index (χ0v) is 20.0. The van der Waals surface area contributed by atoms with E-state index < -0.39 is 24.3 Å². The van der Waals surface area contributed by atoms with Crippen LogP contribution in [0.25, 0.3) is 0 Å². The summed E-state index contributed by atoms with van der Waals surface area (Å²) in [6.45, 7) is 4.10. The molecule has 6 nitrogen and oxygen atoms in total. The number of anilines is 1. The fourth-order valence-electron chi connectivity index (χ4n) is 5.00. The Bertz CT molecular complexity index is 1000. The number of carbonyl (C=O) groups excluding carboxylic acids is 2. The van der Waals surface area contributed by atoms with E-state index in [-0.39, 0.29) is 18.0 Å². The molecule has 4 rings (SSSR count). The lowest BCUT2D eigenvalue weighted by atomic mass is 9.90. The normalized spacial score (nSPS) is 25.1. The maximum absolute atomic E-state index is 14.9. The van der Waals surface area contributed by atoms with Gasteiger partial charge in [-0.2, -0.15) is 0 Å². The van der Waals surface area contributed by atoms with Gasteiger partial charge < -0.3 is 20.3 Å². The second-order valence-electron chi connectivity index (χ2n) is 9.57. The van der Waals surface area contributed by atoms with E-state index in [0.29, 0.717) is 30.3 Å². The fraction of sp³-hybridized carbons (Fsp3) is 0.481. The number of urea groups is 1. The summed E-state index contributed by atoms with van der Waals surface area (Å²) < 4.78 is 34.0. The number of rotatable bonds is 7. The number of nitrogens with one attached hydrogen (secondary N) is 2. The van der Waals surface area contributed by atoms with Crippen molar-refractivity contribution in [2.45, 2.75) is 50.9 Å². The molecule has 0 bridgehead atoms. The molecule has 0 radical (unpaired) electrons. The number of amides is 2. The first-order valence-corrected chi connectivity index (χ1v) is 12.3. The maximum atomic E-state index is 14.9. The highest BCUT2D eigenvalue weighted by Crippen LogP contribution is 2.24. The number of benzene rings is 2. The monoisotopic (exact) mass is 485 g/mol. The third-order valence-corrected chi connectivity index (χ3v) is 6.84.